The fraction of sp³-hybridized carbons (Fsp3) is 0.467. The summed E-state index contributed by atoms with van der Waals surface area (Å²) < 4.78 is 7.71. The van der Waals surface area contributed by atoms with E-state index >= 15 is 0 Å². The van der Waals surface area contributed by atoms with Gasteiger partial charge in [0.05, 0.1) is 6.61 Å². The van der Waals surface area contributed by atoms with Crippen LogP contribution in [0, 0.1) is 5.92 Å². The molecule has 18 heavy (non-hydrogen) atoms. The van der Waals surface area contributed by atoms with Crippen LogP contribution in [0.4, 0.5) is 0 Å². The molecule has 1 fully saturated rings. The van der Waals surface area contributed by atoms with Gasteiger partial charge in [-0.1, -0.05) is 12.1 Å². The molecule has 2 heterocycles. The van der Waals surface area contributed by atoms with Crippen LogP contribution in [-0.4, -0.2) is 22.9 Å². The highest BCUT2D eigenvalue weighted by Gasteiger charge is 2.15. The van der Waals surface area contributed by atoms with Gasteiger partial charge in [-0.2, -0.15) is 0 Å². The Labute approximate surface area is 107 Å². The molecule has 1 N–H and O–H groups in total. The first kappa shape index (κ1) is 11.8. The molecule has 2 aromatic rings. The first-order valence-corrected chi connectivity index (χ1v) is 6.63. The zero-order valence-corrected chi connectivity index (χ0v) is 10.5. The Kier molecular flexibility index (Phi) is 3.35. The highest BCUT2D eigenvalue weighted by Crippen LogP contribution is 2.22. The van der Waals surface area contributed by atoms with Crippen molar-refractivity contribution in [1.29, 1.82) is 0 Å². The molecule has 1 aliphatic heterocycles. The highest BCUT2D eigenvalue weighted by molar-refractivity contribution is 5.80. The van der Waals surface area contributed by atoms with Crippen LogP contribution in [0.15, 0.2) is 30.5 Å². The molecule has 1 aliphatic rings. The fourth-order valence-corrected chi connectivity index (χ4v) is 2.69. The molecule has 0 amide bonds. The average molecular weight is 245 g/mol. The van der Waals surface area contributed by atoms with Crippen molar-refractivity contribution >= 4 is 10.9 Å². The number of hydrogen-bond donors (Lipinski definition) is 1. The van der Waals surface area contributed by atoms with E-state index in [2.05, 4.69) is 29.0 Å². The SMILES string of the molecule is OCc1ccc2ccn(CC3CCOCC3)c2c1. The zero-order chi connectivity index (χ0) is 12.4. The third-order valence-corrected chi connectivity index (χ3v) is 3.82. The lowest BCUT2D eigenvalue weighted by molar-refractivity contribution is 0.0616. The summed E-state index contributed by atoms with van der Waals surface area (Å²) in [6.07, 6.45) is 4.46. The minimum absolute atomic E-state index is 0.110. The van der Waals surface area contributed by atoms with E-state index < -0.39 is 0 Å². The molecule has 3 rings (SSSR count). The van der Waals surface area contributed by atoms with E-state index in [-0.39, 0.29) is 6.61 Å². The van der Waals surface area contributed by atoms with Crippen molar-refractivity contribution in [3.8, 4) is 0 Å². The van der Waals surface area contributed by atoms with Gasteiger partial charge in [0.15, 0.2) is 0 Å². The van der Waals surface area contributed by atoms with Crippen molar-refractivity contribution in [3.05, 3.63) is 36.0 Å². The van der Waals surface area contributed by atoms with Crippen LogP contribution in [0.5, 0.6) is 0 Å². The molecule has 0 unspecified atom stereocenters. The summed E-state index contributed by atoms with van der Waals surface area (Å²) in [4.78, 5) is 0. The fourth-order valence-electron chi connectivity index (χ4n) is 2.69. The second kappa shape index (κ2) is 5.12. The van der Waals surface area contributed by atoms with Crippen molar-refractivity contribution in [2.24, 2.45) is 5.92 Å². The third-order valence-electron chi connectivity index (χ3n) is 3.82. The van der Waals surface area contributed by atoms with E-state index in [1.54, 1.807) is 0 Å². The smallest absolute Gasteiger partial charge is 0.0682 e. The van der Waals surface area contributed by atoms with Gasteiger partial charge >= 0.3 is 0 Å². The van der Waals surface area contributed by atoms with E-state index in [0.29, 0.717) is 5.92 Å². The van der Waals surface area contributed by atoms with E-state index in [9.17, 15) is 5.11 Å². The number of fused-ring (bicyclic) bond motifs is 1. The second-order valence-electron chi connectivity index (χ2n) is 5.08. The average Bonchev–Trinajstić information content (AvgIpc) is 2.82. The van der Waals surface area contributed by atoms with Gasteiger partial charge in [-0.15, -0.1) is 0 Å². The maximum absolute atomic E-state index is 9.22. The van der Waals surface area contributed by atoms with Crippen LogP contribution in [0.25, 0.3) is 10.9 Å². The van der Waals surface area contributed by atoms with Crippen LogP contribution >= 0.6 is 0 Å². The summed E-state index contributed by atoms with van der Waals surface area (Å²) in [5, 5.41) is 10.5. The molecule has 3 nitrogen and oxygen atoms in total. The molecule has 0 saturated carbocycles. The van der Waals surface area contributed by atoms with E-state index in [4.69, 9.17) is 4.74 Å². The summed E-state index contributed by atoms with van der Waals surface area (Å²) in [5.41, 5.74) is 2.21. The van der Waals surface area contributed by atoms with Crippen molar-refractivity contribution in [2.45, 2.75) is 26.0 Å². The molecule has 0 atom stereocenters. The highest BCUT2D eigenvalue weighted by atomic mass is 16.5. The number of rotatable bonds is 3. The van der Waals surface area contributed by atoms with Gasteiger partial charge in [0.1, 0.15) is 0 Å². The Morgan fingerprint density at radius 2 is 2.06 bits per heavy atom. The van der Waals surface area contributed by atoms with E-state index in [1.807, 2.05) is 6.07 Å². The van der Waals surface area contributed by atoms with Crippen LogP contribution in [0.1, 0.15) is 18.4 Å². The predicted molar refractivity (Wildman–Crippen MR) is 71.4 cm³/mol. The summed E-state index contributed by atoms with van der Waals surface area (Å²) >= 11 is 0. The summed E-state index contributed by atoms with van der Waals surface area (Å²) in [6, 6.07) is 8.31. The van der Waals surface area contributed by atoms with E-state index in [1.165, 1.54) is 10.9 Å². The first-order valence-electron chi connectivity index (χ1n) is 6.63. The van der Waals surface area contributed by atoms with Crippen molar-refractivity contribution in [1.82, 2.24) is 4.57 Å². The first-order chi connectivity index (χ1) is 8.86. The maximum Gasteiger partial charge on any atom is 0.0682 e. The normalized spacial score (nSPS) is 17.4. The van der Waals surface area contributed by atoms with Gasteiger partial charge in [-0.05, 0) is 41.8 Å². The molecule has 1 aromatic carbocycles. The molecule has 0 bridgehead atoms. The van der Waals surface area contributed by atoms with Gasteiger partial charge in [-0.25, -0.2) is 0 Å². The summed E-state index contributed by atoms with van der Waals surface area (Å²) in [6.45, 7) is 2.96. The number of nitrogens with zero attached hydrogens (tertiary/aromatic N) is 1. The van der Waals surface area contributed by atoms with Crippen LogP contribution in [0.2, 0.25) is 0 Å². The largest absolute Gasteiger partial charge is 0.392 e. The number of aliphatic hydroxyl groups is 1. The number of aromatic nitrogens is 1. The lowest BCUT2D eigenvalue weighted by Crippen LogP contribution is -2.20. The van der Waals surface area contributed by atoms with Gasteiger partial charge in [0, 0.05) is 31.5 Å². The van der Waals surface area contributed by atoms with Crippen molar-refractivity contribution < 1.29 is 9.84 Å². The van der Waals surface area contributed by atoms with Gasteiger partial charge in [0.25, 0.3) is 0 Å². The minimum atomic E-state index is 0.110. The maximum atomic E-state index is 9.22. The Morgan fingerprint density at radius 1 is 1.22 bits per heavy atom. The quantitative estimate of drug-likeness (QED) is 0.901. The molecule has 96 valence electrons. The van der Waals surface area contributed by atoms with Crippen molar-refractivity contribution in [2.75, 3.05) is 13.2 Å². The van der Waals surface area contributed by atoms with Crippen LogP contribution < -0.4 is 0 Å². The predicted octanol–water partition coefficient (Wildman–Crippen LogP) is 2.56. The lowest BCUT2D eigenvalue weighted by Gasteiger charge is -2.22. The number of benzene rings is 1. The monoisotopic (exact) mass is 245 g/mol. The Balaban J connectivity index is 1.86. The number of ether oxygens (including phenoxy) is 1. The molecule has 0 radical (unpaired) electrons. The Bertz CT molecular complexity index is 526. The van der Waals surface area contributed by atoms with E-state index in [0.717, 1.165) is 38.2 Å². The Morgan fingerprint density at radius 3 is 2.83 bits per heavy atom. The van der Waals surface area contributed by atoms with Crippen LogP contribution in [-0.2, 0) is 17.9 Å². The van der Waals surface area contributed by atoms with Gasteiger partial charge in [0.2, 0.25) is 0 Å². The standard InChI is InChI=1S/C15H19NO2/c17-11-13-1-2-14-3-6-16(15(14)9-13)10-12-4-7-18-8-5-12/h1-3,6,9,12,17H,4-5,7-8,10-11H2. The topological polar surface area (TPSA) is 34.4 Å². The minimum Gasteiger partial charge on any atom is -0.392 e. The molecular formula is C15H19NO2. The number of hydrogen-bond acceptors (Lipinski definition) is 2. The zero-order valence-electron chi connectivity index (χ0n) is 10.5. The number of aliphatic hydroxyl groups excluding tert-OH is 1. The molecule has 3 heteroatoms. The lowest BCUT2D eigenvalue weighted by atomic mass is 10.0. The van der Waals surface area contributed by atoms with Gasteiger partial charge < -0.3 is 14.4 Å². The summed E-state index contributed by atoms with van der Waals surface area (Å²) in [5.74, 6) is 0.715. The van der Waals surface area contributed by atoms with Gasteiger partial charge in [-0.3, -0.25) is 0 Å². The second-order valence-corrected chi connectivity index (χ2v) is 5.08. The van der Waals surface area contributed by atoms with Crippen LogP contribution in [0.3, 0.4) is 0 Å². The van der Waals surface area contributed by atoms with Crippen molar-refractivity contribution in [3.63, 3.8) is 0 Å². The summed E-state index contributed by atoms with van der Waals surface area (Å²) in [7, 11) is 0. The third kappa shape index (κ3) is 2.28. The molecule has 0 aliphatic carbocycles. The Hall–Kier alpha value is -1.32. The molecule has 1 aromatic heterocycles. The molecule has 1 saturated heterocycles. The molecule has 0 spiro atoms. The molecular weight excluding hydrogens is 226 g/mol.